The molecule has 0 atom stereocenters. The van der Waals surface area contributed by atoms with Crippen molar-refractivity contribution in [1.82, 2.24) is 0 Å². The Morgan fingerprint density at radius 2 is 0.648 bits per heavy atom. The zero-order chi connectivity index (χ0) is 35.8. The van der Waals surface area contributed by atoms with Crippen molar-refractivity contribution in [2.24, 2.45) is 0 Å². The van der Waals surface area contributed by atoms with E-state index in [1.165, 1.54) is 99.1 Å². The van der Waals surface area contributed by atoms with Gasteiger partial charge in [-0.3, -0.25) is 0 Å². The van der Waals surface area contributed by atoms with Crippen LogP contribution >= 0.6 is 0 Å². The van der Waals surface area contributed by atoms with Crippen LogP contribution in [0.4, 0.5) is 0 Å². The Balaban J connectivity index is 1.25. The quantitative estimate of drug-likeness (QED) is 0.153. The molecule has 0 radical (unpaired) electrons. The molecule has 10 aromatic rings. The molecule has 0 amide bonds. The zero-order valence-corrected chi connectivity index (χ0v) is 29.8. The van der Waals surface area contributed by atoms with Gasteiger partial charge < -0.3 is 0 Å². The van der Waals surface area contributed by atoms with E-state index >= 15 is 0 Å². The molecule has 0 aliphatic rings. The van der Waals surface area contributed by atoms with Gasteiger partial charge in [0.15, 0.2) is 0 Å². The van der Waals surface area contributed by atoms with Crippen molar-refractivity contribution in [3.63, 3.8) is 0 Å². The maximum atomic E-state index is 2.44. The Bertz CT molecular complexity index is 2910. The highest BCUT2D eigenvalue weighted by Crippen LogP contribution is 2.47. The number of fused-ring (bicyclic) bond motifs is 3. The van der Waals surface area contributed by atoms with Gasteiger partial charge >= 0.3 is 0 Å². The van der Waals surface area contributed by atoms with Gasteiger partial charge in [-0.1, -0.05) is 200 Å². The highest BCUT2D eigenvalue weighted by Gasteiger charge is 2.20. The van der Waals surface area contributed by atoms with Gasteiger partial charge in [0.25, 0.3) is 0 Å². The molecule has 0 saturated heterocycles. The third kappa shape index (κ3) is 5.57. The molecule has 10 aromatic carbocycles. The van der Waals surface area contributed by atoms with Gasteiger partial charge in [0, 0.05) is 0 Å². The maximum Gasteiger partial charge on any atom is -0.00261 e. The molecule has 0 unspecified atom stereocenters. The molecule has 54 heavy (non-hydrogen) atoms. The summed E-state index contributed by atoms with van der Waals surface area (Å²) >= 11 is 0. The summed E-state index contributed by atoms with van der Waals surface area (Å²) in [5.41, 5.74) is 14.7. The van der Waals surface area contributed by atoms with Crippen LogP contribution in [-0.4, -0.2) is 0 Å². The molecule has 0 aromatic heterocycles. The van der Waals surface area contributed by atoms with Crippen molar-refractivity contribution in [3.8, 4) is 66.8 Å². The first-order chi connectivity index (χ1) is 26.8. The summed E-state index contributed by atoms with van der Waals surface area (Å²) in [6, 6.07) is 79.8. The summed E-state index contributed by atoms with van der Waals surface area (Å²) in [7, 11) is 0. The van der Waals surface area contributed by atoms with E-state index in [1.807, 2.05) is 0 Å². The molecule has 0 heterocycles. The monoisotopic (exact) mass is 684 g/mol. The van der Waals surface area contributed by atoms with Crippen LogP contribution in [0.15, 0.2) is 218 Å². The van der Waals surface area contributed by atoms with E-state index in [0.717, 1.165) is 0 Å². The minimum Gasteiger partial charge on any atom is -0.0622 e. The van der Waals surface area contributed by atoms with Crippen LogP contribution in [-0.2, 0) is 0 Å². The zero-order valence-electron chi connectivity index (χ0n) is 29.8. The van der Waals surface area contributed by atoms with E-state index < -0.39 is 0 Å². The van der Waals surface area contributed by atoms with Gasteiger partial charge in [0.2, 0.25) is 0 Å². The Morgan fingerprint density at radius 3 is 1.31 bits per heavy atom. The molecule has 0 aliphatic carbocycles. The molecule has 0 fully saturated rings. The lowest BCUT2D eigenvalue weighted by Crippen LogP contribution is -1.93. The van der Waals surface area contributed by atoms with Crippen molar-refractivity contribution in [2.45, 2.75) is 0 Å². The van der Waals surface area contributed by atoms with Crippen LogP contribution in [0.2, 0.25) is 0 Å². The maximum absolute atomic E-state index is 2.44. The second-order valence-electron chi connectivity index (χ2n) is 14.0. The van der Waals surface area contributed by atoms with Crippen LogP contribution in [0.25, 0.3) is 99.1 Å². The second-order valence-corrected chi connectivity index (χ2v) is 14.0. The first-order valence-electron chi connectivity index (χ1n) is 18.7. The molecular weight excluding hydrogens is 649 g/mol. The van der Waals surface area contributed by atoms with Crippen LogP contribution in [0.5, 0.6) is 0 Å². The van der Waals surface area contributed by atoms with Crippen molar-refractivity contribution >= 4 is 32.3 Å². The van der Waals surface area contributed by atoms with Crippen molar-refractivity contribution < 1.29 is 0 Å². The molecule has 0 saturated carbocycles. The smallest absolute Gasteiger partial charge is 0.00261 e. The minimum atomic E-state index is 1.19. The molecule has 0 aliphatic heterocycles. The third-order valence-corrected chi connectivity index (χ3v) is 10.9. The summed E-state index contributed by atoms with van der Waals surface area (Å²) in [6.45, 7) is 0. The average molecular weight is 685 g/mol. The lowest BCUT2D eigenvalue weighted by atomic mass is 9.83. The van der Waals surface area contributed by atoms with E-state index in [9.17, 15) is 0 Å². The lowest BCUT2D eigenvalue weighted by molar-refractivity contribution is 1.55. The lowest BCUT2D eigenvalue weighted by Gasteiger charge is -2.20. The van der Waals surface area contributed by atoms with Crippen LogP contribution in [0.1, 0.15) is 0 Å². The van der Waals surface area contributed by atoms with Crippen molar-refractivity contribution in [2.75, 3.05) is 0 Å². The van der Waals surface area contributed by atoms with Crippen molar-refractivity contribution in [1.29, 1.82) is 0 Å². The van der Waals surface area contributed by atoms with Crippen LogP contribution in [0.3, 0.4) is 0 Å². The molecule has 0 bridgehead atoms. The fourth-order valence-corrected chi connectivity index (χ4v) is 8.35. The normalized spacial score (nSPS) is 11.3. The third-order valence-electron chi connectivity index (χ3n) is 10.9. The van der Waals surface area contributed by atoms with E-state index in [2.05, 4.69) is 218 Å². The first kappa shape index (κ1) is 31.7. The van der Waals surface area contributed by atoms with Gasteiger partial charge in [0.1, 0.15) is 0 Å². The molecule has 0 heteroatoms. The first-order valence-corrected chi connectivity index (χ1v) is 18.7. The summed E-state index contributed by atoms with van der Waals surface area (Å²) < 4.78 is 0. The fraction of sp³-hybridized carbons (Fsp3) is 0. The Kier molecular flexibility index (Phi) is 7.93. The summed E-state index contributed by atoms with van der Waals surface area (Å²) in [5, 5.41) is 7.52. The van der Waals surface area contributed by atoms with Gasteiger partial charge in [0.05, 0.1) is 0 Å². The molecule has 10 rings (SSSR count). The fourth-order valence-electron chi connectivity index (χ4n) is 8.35. The number of benzene rings is 10. The summed E-state index contributed by atoms with van der Waals surface area (Å²) in [6.07, 6.45) is 0. The number of rotatable bonds is 6. The van der Waals surface area contributed by atoms with E-state index in [1.54, 1.807) is 0 Å². The van der Waals surface area contributed by atoms with E-state index in [4.69, 9.17) is 0 Å². The van der Waals surface area contributed by atoms with E-state index in [-0.39, 0.29) is 0 Å². The summed E-state index contributed by atoms with van der Waals surface area (Å²) in [4.78, 5) is 0. The van der Waals surface area contributed by atoms with Crippen LogP contribution < -0.4 is 0 Å². The van der Waals surface area contributed by atoms with E-state index in [0.29, 0.717) is 0 Å². The predicted octanol–water partition coefficient (Wildman–Crippen LogP) is 15.1. The molecule has 0 N–H and O–H groups in total. The largest absolute Gasteiger partial charge is 0.0622 e. The average Bonchev–Trinajstić information content (AvgIpc) is 3.26. The topological polar surface area (TPSA) is 0 Å². The minimum absolute atomic E-state index is 1.19. The van der Waals surface area contributed by atoms with Gasteiger partial charge in [-0.2, -0.15) is 0 Å². The standard InChI is InChI=1S/C54H36/c1-3-16-37(17-4-1)41-22-15-23-42(34-41)52-36-44(32-33-47(52)46-25-10-9-24-45(46)39-19-5-2-6-20-39)54-50-28-13-11-26-48(50)53(49-27-12-14-29-51(49)54)43-31-30-38-18-7-8-21-40(38)35-43/h1-36H. The molecule has 0 nitrogen and oxygen atoms in total. The number of hydrogen-bond donors (Lipinski definition) is 0. The second kappa shape index (κ2) is 13.5. The van der Waals surface area contributed by atoms with Crippen LogP contribution in [0, 0.1) is 0 Å². The number of hydrogen-bond acceptors (Lipinski definition) is 0. The Morgan fingerprint density at radius 1 is 0.185 bits per heavy atom. The highest BCUT2D eigenvalue weighted by molar-refractivity contribution is 6.22. The molecule has 252 valence electrons. The molecular formula is C54H36. The van der Waals surface area contributed by atoms with Gasteiger partial charge in [-0.25, -0.2) is 0 Å². The Hall–Kier alpha value is -7.02. The van der Waals surface area contributed by atoms with Gasteiger partial charge in [-0.05, 0) is 117 Å². The predicted molar refractivity (Wildman–Crippen MR) is 232 cm³/mol. The highest BCUT2D eigenvalue weighted by atomic mass is 14.2. The van der Waals surface area contributed by atoms with Gasteiger partial charge in [-0.15, -0.1) is 0 Å². The SMILES string of the molecule is c1ccc(-c2cccc(-c3cc(-c4c5ccccc5c(-c5ccc6ccccc6c5)c5ccccc45)ccc3-c3ccccc3-c3ccccc3)c2)cc1. The van der Waals surface area contributed by atoms with Crippen molar-refractivity contribution in [3.05, 3.63) is 218 Å². The Labute approximate surface area is 316 Å². The molecule has 0 spiro atoms. The summed E-state index contributed by atoms with van der Waals surface area (Å²) in [5.74, 6) is 0.